The van der Waals surface area contributed by atoms with Crippen LogP contribution in [0.2, 0.25) is 0 Å². The fourth-order valence-electron chi connectivity index (χ4n) is 3.38. The number of anilines is 2. The minimum absolute atomic E-state index is 0.343. The van der Waals surface area contributed by atoms with E-state index in [1.807, 2.05) is 12.1 Å². The number of benzene rings is 1. The van der Waals surface area contributed by atoms with Gasteiger partial charge in [0, 0.05) is 5.56 Å². The van der Waals surface area contributed by atoms with Crippen molar-refractivity contribution in [1.82, 2.24) is 30.4 Å². The summed E-state index contributed by atoms with van der Waals surface area (Å²) in [6.07, 6.45) is 2.51. The highest BCUT2D eigenvalue weighted by Gasteiger charge is 2.34. The van der Waals surface area contributed by atoms with Crippen LogP contribution >= 0.6 is 0 Å². The van der Waals surface area contributed by atoms with Crippen molar-refractivity contribution in [3.63, 3.8) is 0 Å². The predicted octanol–water partition coefficient (Wildman–Crippen LogP) is 2.27. The number of hydrogen-bond acceptors (Lipinski definition) is 7. The average Bonchev–Trinajstić information content (AvgIpc) is 3.39. The van der Waals surface area contributed by atoms with Gasteiger partial charge in [-0.25, -0.2) is 5.10 Å². The molecule has 0 spiro atoms. The van der Waals surface area contributed by atoms with Crippen LogP contribution < -0.4 is 10.9 Å². The van der Waals surface area contributed by atoms with E-state index in [1.165, 1.54) is 5.56 Å². The number of fused-ring (bicyclic) bond motifs is 2. The Bertz CT molecular complexity index is 1160. The van der Waals surface area contributed by atoms with Crippen molar-refractivity contribution in [1.29, 1.82) is 0 Å². The molecule has 0 saturated heterocycles. The van der Waals surface area contributed by atoms with Gasteiger partial charge in [-0.15, -0.1) is 0 Å². The van der Waals surface area contributed by atoms with Crippen LogP contribution in [-0.2, 0) is 6.42 Å². The number of aromatic amines is 1. The van der Waals surface area contributed by atoms with Crippen molar-refractivity contribution in [2.45, 2.75) is 19.4 Å². The third-order valence-electron chi connectivity index (χ3n) is 4.73. The highest BCUT2D eigenvalue weighted by atomic mass is 16.3. The topological polar surface area (TPSA) is 115 Å². The van der Waals surface area contributed by atoms with E-state index in [2.05, 4.69) is 50.1 Å². The zero-order valence-corrected chi connectivity index (χ0v) is 14.4. The SMILES string of the molecule is CCc1ccc(C2c3c(-c4ccco4)n[nH]c(=O)c3Nc3nnnn32)cc1. The molecule has 1 aromatic carbocycles. The number of furan rings is 1. The lowest BCUT2D eigenvalue weighted by Gasteiger charge is -2.27. The first-order chi connectivity index (χ1) is 13.3. The first kappa shape index (κ1) is 15.5. The first-order valence-electron chi connectivity index (χ1n) is 8.56. The summed E-state index contributed by atoms with van der Waals surface area (Å²) >= 11 is 0. The summed E-state index contributed by atoms with van der Waals surface area (Å²) in [5, 5.41) is 21.7. The number of tetrazole rings is 1. The van der Waals surface area contributed by atoms with Crippen molar-refractivity contribution < 1.29 is 4.42 Å². The summed E-state index contributed by atoms with van der Waals surface area (Å²) in [6.45, 7) is 2.10. The minimum Gasteiger partial charge on any atom is -0.463 e. The van der Waals surface area contributed by atoms with E-state index >= 15 is 0 Å². The Labute approximate surface area is 153 Å². The molecule has 4 aromatic rings. The molecule has 0 fully saturated rings. The molecule has 5 rings (SSSR count). The van der Waals surface area contributed by atoms with Crippen LogP contribution in [0.25, 0.3) is 11.5 Å². The number of H-pyrrole nitrogens is 1. The molecule has 134 valence electrons. The van der Waals surface area contributed by atoms with Gasteiger partial charge in [-0.3, -0.25) is 4.79 Å². The monoisotopic (exact) mass is 361 g/mol. The number of rotatable bonds is 3. The van der Waals surface area contributed by atoms with Crippen LogP contribution in [0.4, 0.5) is 11.6 Å². The van der Waals surface area contributed by atoms with Crippen molar-refractivity contribution in [3.8, 4) is 11.5 Å². The molecule has 1 aliphatic heterocycles. The quantitative estimate of drug-likeness (QED) is 0.506. The van der Waals surface area contributed by atoms with E-state index in [0.29, 0.717) is 28.7 Å². The van der Waals surface area contributed by atoms with E-state index in [0.717, 1.165) is 12.0 Å². The van der Waals surface area contributed by atoms with E-state index in [-0.39, 0.29) is 5.56 Å². The molecule has 1 atom stereocenters. The van der Waals surface area contributed by atoms with Crippen LogP contribution in [0, 0.1) is 0 Å². The molecule has 0 amide bonds. The molecule has 0 aliphatic carbocycles. The van der Waals surface area contributed by atoms with Gasteiger partial charge in [-0.05, 0) is 40.1 Å². The number of aromatic nitrogens is 6. The Morgan fingerprint density at radius 2 is 2.07 bits per heavy atom. The lowest BCUT2D eigenvalue weighted by Crippen LogP contribution is -2.29. The molecule has 2 N–H and O–H groups in total. The third-order valence-corrected chi connectivity index (χ3v) is 4.73. The molecular formula is C18H15N7O2. The van der Waals surface area contributed by atoms with Gasteiger partial charge in [0.1, 0.15) is 17.4 Å². The van der Waals surface area contributed by atoms with Gasteiger partial charge in [0.25, 0.3) is 5.56 Å². The number of nitrogens with one attached hydrogen (secondary N) is 2. The molecule has 1 unspecified atom stereocenters. The van der Waals surface area contributed by atoms with Gasteiger partial charge < -0.3 is 9.73 Å². The fourth-order valence-corrected chi connectivity index (χ4v) is 3.38. The summed E-state index contributed by atoms with van der Waals surface area (Å²) in [7, 11) is 0. The molecular weight excluding hydrogens is 346 g/mol. The lowest BCUT2D eigenvalue weighted by atomic mass is 9.93. The zero-order chi connectivity index (χ0) is 18.4. The fraction of sp³-hybridized carbons (Fsp3) is 0.167. The predicted molar refractivity (Wildman–Crippen MR) is 96.7 cm³/mol. The normalized spacial score (nSPS) is 15.1. The second kappa shape index (κ2) is 5.90. The van der Waals surface area contributed by atoms with Gasteiger partial charge in [0.2, 0.25) is 5.95 Å². The molecule has 27 heavy (non-hydrogen) atoms. The smallest absolute Gasteiger partial charge is 0.288 e. The molecule has 1 aliphatic rings. The van der Waals surface area contributed by atoms with Gasteiger partial charge in [-0.2, -0.15) is 9.78 Å². The standard InChI is InChI=1S/C18H15N7O2/c1-2-10-5-7-11(8-6-10)16-13-14(12-4-3-9-27-12)20-21-17(26)15(13)19-18-22-23-24-25(16)18/h3-9,16H,2H2,1H3,(H,21,26)(H,19,22,24). The zero-order valence-electron chi connectivity index (χ0n) is 14.4. The van der Waals surface area contributed by atoms with E-state index in [9.17, 15) is 4.79 Å². The van der Waals surface area contributed by atoms with Gasteiger partial charge in [0.15, 0.2) is 5.76 Å². The first-order valence-corrected chi connectivity index (χ1v) is 8.56. The van der Waals surface area contributed by atoms with Crippen LogP contribution in [0.15, 0.2) is 51.9 Å². The van der Waals surface area contributed by atoms with E-state index < -0.39 is 6.04 Å². The van der Waals surface area contributed by atoms with Crippen LogP contribution in [0.3, 0.4) is 0 Å². The Morgan fingerprint density at radius 1 is 1.22 bits per heavy atom. The Kier molecular flexibility index (Phi) is 3.39. The Balaban J connectivity index is 1.79. The summed E-state index contributed by atoms with van der Waals surface area (Å²) in [6, 6.07) is 11.3. The number of aryl methyl sites for hydroxylation is 1. The van der Waals surface area contributed by atoms with Gasteiger partial charge in [0.05, 0.1) is 6.26 Å². The molecule has 9 heteroatoms. The van der Waals surface area contributed by atoms with Crippen molar-refractivity contribution in [2.75, 3.05) is 5.32 Å². The highest BCUT2D eigenvalue weighted by molar-refractivity contribution is 5.73. The van der Waals surface area contributed by atoms with Crippen molar-refractivity contribution in [2.24, 2.45) is 0 Å². The van der Waals surface area contributed by atoms with E-state index in [4.69, 9.17) is 4.42 Å². The van der Waals surface area contributed by atoms with Gasteiger partial charge >= 0.3 is 0 Å². The lowest BCUT2D eigenvalue weighted by molar-refractivity contribution is 0.554. The van der Waals surface area contributed by atoms with Crippen LogP contribution in [-0.4, -0.2) is 30.4 Å². The van der Waals surface area contributed by atoms with Crippen molar-refractivity contribution in [3.05, 3.63) is 69.7 Å². The second-order valence-electron chi connectivity index (χ2n) is 6.24. The van der Waals surface area contributed by atoms with Gasteiger partial charge in [-0.1, -0.05) is 36.3 Å². The van der Waals surface area contributed by atoms with Crippen LogP contribution in [0.5, 0.6) is 0 Å². The Hall–Kier alpha value is -3.75. The minimum atomic E-state index is -0.410. The largest absolute Gasteiger partial charge is 0.463 e. The maximum Gasteiger partial charge on any atom is 0.288 e. The molecule has 0 saturated carbocycles. The summed E-state index contributed by atoms with van der Waals surface area (Å²) in [4.78, 5) is 12.5. The third kappa shape index (κ3) is 2.35. The van der Waals surface area contributed by atoms with Crippen molar-refractivity contribution >= 4 is 11.6 Å². The second-order valence-corrected chi connectivity index (χ2v) is 6.24. The van der Waals surface area contributed by atoms with E-state index in [1.54, 1.807) is 23.1 Å². The Morgan fingerprint density at radius 3 is 2.81 bits per heavy atom. The molecule has 4 heterocycles. The summed E-state index contributed by atoms with van der Waals surface area (Å²) in [5.74, 6) is 0.949. The average molecular weight is 361 g/mol. The molecule has 9 nitrogen and oxygen atoms in total. The maximum absolute atomic E-state index is 12.5. The highest BCUT2D eigenvalue weighted by Crippen LogP contribution is 2.40. The summed E-state index contributed by atoms with van der Waals surface area (Å²) < 4.78 is 7.19. The maximum atomic E-state index is 12.5. The molecule has 3 aromatic heterocycles. The molecule has 0 radical (unpaired) electrons. The summed E-state index contributed by atoms with van der Waals surface area (Å²) in [5.41, 5.74) is 3.39. The van der Waals surface area contributed by atoms with Crippen LogP contribution in [0.1, 0.15) is 29.7 Å². The number of hydrogen-bond donors (Lipinski definition) is 2. The molecule has 0 bridgehead atoms. The number of nitrogens with zero attached hydrogens (tertiary/aromatic N) is 5.